The quantitative estimate of drug-likeness (QED) is 0.657. The first-order chi connectivity index (χ1) is 5.79. The van der Waals surface area contributed by atoms with Gasteiger partial charge in [0.25, 0.3) is 0 Å². The second kappa shape index (κ2) is 4.54. The van der Waals surface area contributed by atoms with Crippen molar-refractivity contribution in [1.82, 2.24) is 5.32 Å². The van der Waals surface area contributed by atoms with Gasteiger partial charge in [0.05, 0.1) is 0 Å². The molecule has 0 bridgehead atoms. The summed E-state index contributed by atoms with van der Waals surface area (Å²) in [6, 6.07) is 0. The first-order valence-corrected chi connectivity index (χ1v) is 4.05. The van der Waals surface area contributed by atoms with Crippen LogP contribution in [0, 0.1) is 0 Å². The van der Waals surface area contributed by atoms with E-state index in [4.69, 9.17) is 0 Å². The first kappa shape index (κ1) is 8.78. The van der Waals surface area contributed by atoms with E-state index in [2.05, 4.69) is 11.4 Å². The van der Waals surface area contributed by atoms with Gasteiger partial charge < -0.3 is 5.32 Å². The van der Waals surface area contributed by atoms with Gasteiger partial charge in [-0.25, -0.2) is 0 Å². The van der Waals surface area contributed by atoms with Crippen LogP contribution in [0.15, 0.2) is 36.0 Å². The lowest BCUT2D eigenvalue weighted by atomic mass is 10.2. The van der Waals surface area contributed by atoms with Crippen LogP contribution in [0.3, 0.4) is 0 Å². The van der Waals surface area contributed by atoms with Crippen molar-refractivity contribution in [2.45, 2.75) is 13.3 Å². The molecule has 1 aliphatic rings. The van der Waals surface area contributed by atoms with E-state index >= 15 is 0 Å². The van der Waals surface area contributed by atoms with Gasteiger partial charge in [-0.2, -0.15) is 0 Å². The van der Waals surface area contributed by atoms with Crippen LogP contribution in [-0.4, -0.2) is 12.5 Å². The fourth-order valence-corrected chi connectivity index (χ4v) is 0.991. The summed E-state index contributed by atoms with van der Waals surface area (Å²) >= 11 is 0. The molecule has 2 nitrogen and oxygen atoms in total. The van der Waals surface area contributed by atoms with E-state index in [0.29, 0.717) is 6.54 Å². The number of rotatable bonds is 2. The highest BCUT2D eigenvalue weighted by atomic mass is 16.1. The lowest BCUT2D eigenvalue weighted by molar-refractivity contribution is -0.118. The zero-order valence-electron chi connectivity index (χ0n) is 7.21. The van der Waals surface area contributed by atoms with Gasteiger partial charge in [0, 0.05) is 13.5 Å². The zero-order chi connectivity index (χ0) is 8.81. The monoisotopic (exact) mass is 163 g/mol. The molecule has 0 saturated carbocycles. The Kier molecular flexibility index (Phi) is 3.33. The van der Waals surface area contributed by atoms with Crippen LogP contribution in [-0.2, 0) is 4.79 Å². The van der Waals surface area contributed by atoms with Crippen molar-refractivity contribution in [1.29, 1.82) is 0 Å². The lowest BCUT2D eigenvalue weighted by Crippen LogP contribution is -2.22. The Morgan fingerprint density at radius 2 is 2.33 bits per heavy atom. The Balaban J connectivity index is 2.41. The maximum Gasteiger partial charge on any atom is 0.217 e. The van der Waals surface area contributed by atoms with Gasteiger partial charge in [-0.15, -0.1) is 0 Å². The van der Waals surface area contributed by atoms with Gasteiger partial charge >= 0.3 is 0 Å². The van der Waals surface area contributed by atoms with Crippen molar-refractivity contribution in [2.75, 3.05) is 6.54 Å². The molecule has 1 N–H and O–H groups in total. The number of nitrogens with one attached hydrogen (secondary N) is 1. The third-order valence-corrected chi connectivity index (χ3v) is 1.63. The average molecular weight is 163 g/mol. The van der Waals surface area contributed by atoms with Crippen LogP contribution in [0.5, 0.6) is 0 Å². The second-order valence-corrected chi connectivity index (χ2v) is 2.75. The average Bonchev–Trinajstić information content (AvgIpc) is 2.28. The van der Waals surface area contributed by atoms with Crippen LogP contribution in [0.2, 0.25) is 0 Å². The van der Waals surface area contributed by atoms with Crippen molar-refractivity contribution in [3.8, 4) is 0 Å². The lowest BCUT2D eigenvalue weighted by Gasteiger charge is -2.03. The van der Waals surface area contributed by atoms with Gasteiger partial charge in [-0.3, -0.25) is 4.79 Å². The number of allylic oxidation sites excluding steroid dienone is 5. The minimum Gasteiger partial charge on any atom is -0.353 e. The molecule has 2 heteroatoms. The summed E-state index contributed by atoms with van der Waals surface area (Å²) in [5.41, 5.74) is 1.23. The van der Waals surface area contributed by atoms with E-state index in [-0.39, 0.29) is 5.91 Å². The maximum atomic E-state index is 10.6. The molecule has 1 aliphatic carbocycles. The normalized spacial score (nSPS) is 15.2. The van der Waals surface area contributed by atoms with E-state index in [1.165, 1.54) is 12.5 Å². The molecule has 0 aromatic rings. The molecule has 12 heavy (non-hydrogen) atoms. The maximum absolute atomic E-state index is 10.6. The molecule has 0 radical (unpaired) electrons. The topological polar surface area (TPSA) is 29.1 Å². The highest BCUT2D eigenvalue weighted by Gasteiger charge is 1.96. The van der Waals surface area contributed by atoms with Crippen molar-refractivity contribution in [3.05, 3.63) is 36.0 Å². The first-order valence-electron chi connectivity index (χ1n) is 4.05. The summed E-state index contributed by atoms with van der Waals surface area (Å²) in [4.78, 5) is 10.6. The molecule has 1 rings (SSSR count). The third-order valence-electron chi connectivity index (χ3n) is 1.63. The highest BCUT2D eigenvalue weighted by molar-refractivity contribution is 5.73. The predicted octanol–water partition coefficient (Wildman–Crippen LogP) is 1.57. The third kappa shape index (κ3) is 3.19. The van der Waals surface area contributed by atoms with Crippen LogP contribution in [0.1, 0.15) is 13.3 Å². The van der Waals surface area contributed by atoms with E-state index < -0.39 is 0 Å². The minimum absolute atomic E-state index is 0.0214. The highest BCUT2D eigenvalue weighted by Crippen LogP contribution is 2.05. The number of carbonyl (C=O) groups is 1. The fourth-order valence-electron chi connectivity index (χ4n) is 0.991. The number of carbonyl (C=O) groups excluding carboxylic acids is 1. The van der Waals surface area contributed by atoms with Gasteiger partial charge in [0.1, 0.15) is 0 Å². The molecule has 64 valence electrons. The summed E-state index contributed by atoms with van der Waals surface area (Å²) in [6.45, 7) is 2.19. The Morgan fingerprint density at radius 3 is 3.08 bits per heavy atom. The molecular formula is C10H13NO. The van der Waals surface area contributed by atoms with Gasteiger partial charge in [-0.1, -0.05) is 30.4 Å². The van der Waals surface area contributed by atoms with Crippen molar-refractivity contribution in [2.24, 2.45) is 0 Å². The smallest absolute Gasteiger partial charge is 0.217 e. The Bertz CT molecular complexity index is 249. The van der Waals surface area contributed by atoms with Gasteiger partial charge in [0.2, 0.25) is 5.91 Å². The predicted molar refractivity (Wildman–Crippen MR) is 49.7 cm³/mol. The number of hydrogen-bond acceptors (Lipinski definition) is 1. The summed E-state index contributed by atoms with van der Waals surface area (Å²) in [6.07, 6.45) is 11.0. The van der Waals surface area contributed by atoms with E-state index in [9.17, 15) is 4.79 Å². The molecular weight excluding hydrogens is 150 g/mol. The SMILES string of the molecule is CC(=O)NCC1=CC=CC=CC1. The second-order valence-electron chi connectivity index (χ2n) is 2.75. The van der Waals surface area contributed by atoms with E-state index in [1.54, 1.807) is 0 Å². The molecule has 0 aromatic heterocycles. The minimum atomic E-state index is 0.0214. The summed E-state index contributed by atoms with van der Waals surface area (Å²) in [5, 5.41) is 2.77. The van der Waals surface area contributed by atoms with Crippen LogP contribution in [0.25, 0.3) is 0 Å². The van der Waals surface area contributed by atoms with Crippen molar-refractivity contribution < 1.29 is 4.79 Å². The standard InChI is InChI=1S/C10H13NO/c1-9(12)11-8-10-6-4-2-3-5-7-10/h2-6H,7-8H2,1H3,(H,11,12). The summed E-state index contributed by atoms with van der Waals surface area (Å²) in [5.74, 6) is 0.0214. The molecule has 1 amide bonds. The molecule has 0 heterocycles. The zero-order valence-corrected chi connectivity index (χ0v) is 7.21. The largest absolute Gasteiger partial charge is 0.353 e. The number of hydrogen-bond donors (Lipinski definition) is 1. The molecule has 0 fully saturated rings. The van der Waals surface area contributed by atoms with Crippen molar-refractivity contribution in [3.63, 3.8) is 0 Å². The van der Waals surface area contributed by atoms with Gasteiger partial charge in [-0.05, 0) is 12.0 Å². The molecule has 0 spiro atoms. The summed E-state index contributed by atoms with van der Waals surface area (Å²) < 4.78 is 0. The molecule has 0 aliphatic heterocycles. The van der Waals surface area contributed by atoms with Crippen LogP contribution < -0.4 is 5.32 Å². The number of amides is 1. The molecule has 0 atom stereocenters. The van der Waals surface area contributed by atoms with E-state index in [0.717, 1.165) is 6.42 Å². The van der Waals surface area contributed by atoms with Gasteiger partial charge in [0.15, 0.2) is 0 Å². The molecule has 0 saturated heterocycles. The molecule has 0 aromatic carbocycles. The van der Waals surface area contributed by atoms with Crippen LogP contribution >= 0.6 is 0 Å². The van der Waals surface area contributed by atoms with Crippen molar-refractivity contribution >= 4 is 5.91 Å². The summed E-state index contributed by atoms with van der Waals surface area (Å²) in [7, 11) is 0. The Morgan fingerprint density at radius 1 is 1.50 bits per heavy atom. The molecule has 0 unspecified atom stereocenters. The Labute approximate surface area is 72.7 Å². The van der Waals surface area contributed by atoms with E-state index in [1.807, 2.05) is 24.3 Å². The van der Waals surface area contributed by atoms with Crippen LogP contribution in [0.4, 0.5) is 0 Å². The fraction of sp³-hybridized carbons (Fsp3) is 0.300. The Hall–Kier alpha value is -1.31.